The Morgan fingerprint density at radius 1 is 1.03 bits per heavy atom. The van der Waals surface area contributed by atoms with Gasteiger partial charge in [-0.1, -0.05) is 25.8 Å². The molecule has 3 aliphatic heterocycles. The summed E-state index contributed by atoms with van der Waals surface area (Å²) in [4.78, 5) is 20.7. The topological polar surface area (TPSA) is 47.3 Å². The van der Waals surface area contributed by atoms with Crippen LogP contribution < -0.4 is 9.80 Å². The van der Waals surface area contributed by atoms with E-state index in [1.807, 2.05) is 24.4 Å². The van der Waals surface area contributed by atoms with E-state index >= 15 is 4.39 Å². The lowest BCUT2D eigenvalue weighted by molar-refractivity contribution is 0.271. The maximum Gasteiger partial charge on any atom is 0.165 e. The van der Waals surface area contributed by atoms with Crippen LogP contribution in [0.2, 0.25) is 0 Å². The number of halogens is 1. The number of hydrogen-bond donors (Lipinski definition) is 0. The third kappa shape index (κ3) is 3.86. The summed E-state index contributed by atoms with van der Waals surface area (Å²) in [5, 5.41) is 0. The first kappa shape index (κ1) is 22.4. The molecule has 1 saturated heterocycles. The number of nitrogens with zero attached hydrogens (tertiary/aromatic N) is 6. The molecule has 1 aromatic carbocycles. The van der Waals surface area contributed by atoms with Gasteiger partial charge in [-0.2, -0.15) is 0 Å². The van der Waals surface area contributed by atoms with Crippen LogP contribution in [-0.2, 0) is 5.41 Å². The molecule has 1 spiro atoms. The molecule has 0 unspecified atom stereocenters. The Labute approximate surface area is 206 Å². The van der Waals surface area contributed by atoms with Crippen LogP contribution >= 0.6 is 0 Å². The van der Waals surface area contributed by atoms with E-state index in [2.05, 4.69) is 45.8 Å². The number of likely N-dealkylation sites (N-methyl/N-ethyl adjacent to an activating group) is 1. The predicted octanol–water partition coefficient (Wildman–Crippen LogP) is 5.22. The molecule has 1 aromatic heterocycles. The average molecular weight is 473 g/mol. The van der Waals surface area contributed by atoms with Gasteiger partial charge in [-0.25, -0.2) is 9.37 Å². The first-order chi connectivity index (χ1) is 17.1. The van der Waals surface area contributed by atoms with Crippen LogP contribution in [-0.4, -0.2) is 60.7 Å². The fourth-order valence-electron chi connectivity index (χ4n) is 6.14. The van der Waals surface area contributed by atoms with Gasteiger partial charge in [0, 0.05) is 49.1 Å². The molecule has 4 heterocycles. The van der Waals surface area contributed by atoms with E-state index in [0.717, 1.165) is 62.5 Å². The van der Waals surface area contributed by atoms with Gasteiger partial charge in [0.05, 0.1) is 17.6 Å². The van der Waals surface area contributed by atoms with Crippen LogP contribution in [0.1, 0.15) is 50.7 Å². The number of allylic oxidation sites excluding steroid dienone is 1. The Hall–Kier alpha value is -3.06. The fourth-order valence-corrected chi connectivity index (χ4v) is 6.14. The van der Waals surface area contributed by atoms with Crippen molar-refractivity contribution in [1.82, 2.24) is 9.88 Å². The highest BCUT2D eigenvalue weighted by Gasteiger charge is 2.43. The number of hydrogen-bond acceptors (Lipinski definition) is 6. The van der Waals surface area contributed by atoms with Gasteiger partial charge in [-0.15, -0.1) is 0 Å². The summed E-state index contributed by atoms with van der Waals surface area (Å²) in [6, 6.07) is 10.2. The molecule has 1 saturated carbocycles. The number of rotatable bonds is 4. The molecule has 0 bridgehead atoms. The second kappa shape index (κ2) is 8.86. The molecule has 35 heavy (non-hydrogen) atoms. The Balaban J connectivity index is 1.18. The predicted molar refractivity (Wildman–Crippen MR) is 141 cm³/mol. The number of benzene rings is 1. The van der Waals surface area contributed by atoms with E-state index in [-0.39, 0.29) is 11.2 Å². The second-order valence-electron chi connectivity index (χ2n) is 10.1. The Kier molecular flexibility index (Phi) is 5.67. The van der Waals surface area contributed by atoms with Gasteiger partial charge in [0.25, 0.3) is 0 Å². The van der Waals surface area contributed by atoms with Crippen molar-refractivity contribution < 1.29 is 4.39 Å². The summed E-state index contributed by atoms with van der Waals surface area (Å²) in [5.41, 5.74) is 5.91. The molecule has 2 fully saturated rings. The van der Waals surface area contributed by atoms with Crippen LogP contribution in [0.25, 0.3) is 0 Å². The summed E-state index contributed by atoms with van der Waals surface area (Å²) in [6.45, 7) is 9.96. The number of anilines is 2. The first-order valence-electron chi connectivity index (χ1n) is 12.9. The molecule has 0 amide bonds. The molecule has 1 aliphatic carbocycles. The third-order valence-corrected chi connectivity index (χ3v) is 8.31. The second-order valence-corrected chi connectivity index (χ2v) is 10.1. The van der Waals surface area contributed by atoms with Gasteiger partial charge in [0.2, 0.25) is 0 Å². The Morgan fingerprint density at radius 3 is 2.51 bits per heavy atom. The van der Waals surface area contributed by atoms with E-state index in [1.54, 1.807) is 4.90 Å². The zero-order valence-corrected chi connectivity index (χ0v) is 20.7. The summed E-state index contributed by atoms with van der Waals surface area (Å²) < 4.78 is 15.3. The molecule has 0 atom stereocenters. The van der Waals surface area contributed by atoms with Crippen molar-refractivity contribution in [2.45, 2.75) is 44.9 Å². The highest BCUT2D eigenvalue weighted by Crippen LogP contribution is 2.50. The molecule has 6 nitrogen and oxygen atoms in total. The molecule has 2 aromatic rings. The maximum atomic E-state index is 15.3. The summed E-state index contributed by atoms with van der Waals surface area (Å²) in [7, 11) is 0. The van der Waals surface area contributed by atoms with E-state index in [9.17, 15) is 0 Å². The minimum atomic E-state index is -0.325. The molecular weight excluding hydrogens is 439 g/mol. The average Bonchev–Trinajstić information content (AvgIpc) is 3.50. The number of aromatic nitrogens is 1. The first-order valence-corrected chi connectivity index (χ1v) is 12.9. The number of piperazine rings is 1. The highest BCUT2D eigenvalue weighted by molar-refractivity contribution is 6.13. The van der Waals surface area contributed by atoms with Crippen molar-refractivity contribution in [3.05, 3.63) is 59.7 Å². The largest absolute Gasteiger partial charge is 0.368 e. The van der Waals surface area contributed by atoms with Gasteiger partial charge in [-0.3, -0.25) is 9.98 Å². The van der Waals surface area contributed by atoms with Gasteiger partial charge in [-0.05, 0) is 56.1 Å². The quantitative estimate of drug-likeness (QED) is 0.612. The molecule has 7 heteroatoms. The fraction of sp³-hybridized carbons (Fsp3) is 0.464. The van der Waals surface area contributed by atoms with Crippen molar-refractivity contribution in [1.29, 1.82) is 0 Å². The van der Waals surface area contributed by atoms with Crippen LogP contribution in [0.5, 0.6) is 0 Å². The third-order valence-electron chi connectivity index (χ3n) is 8.31. The van der Waals surface area contributed by atoms with Crippen molar-refractivity contribution in [2.24, 2.45) is 9.98 Å². The zero-order chi connectivity index (χ0) is 24.0. The minimum absolute atomic E-state index is 0.0433. The van der Waals surface area contributed by atoms with E-state index in [1.165, 1.54) is 30.3 Å². The van der Waals surface area contributed by atoms with Crippen LogP contribution in [0.3, 0.4) is 0 Å². The van der Waals surface area contributed by atoms with Gasteiger partial charge >= 0.3 is 0 Å². The highest BCUT2D eigenvalue weighted by atomic mass is 19.1. The molecular formula is C28H33FN6. The lowest BCUT2D eigenvalue weighted by Gasteiger charge is -2.35. The van der Waals surface area contributed by atoms with Crippen molar-refractivity contribution in [3.63, 3.8) is 0 Å². The van der Waals surface area contributed by atoms with E-state index in [4.69, 9.17) is 4.99 Å². The molecule has 182 valence electrons. The van der Waals surface area contributed by atoms with Crippen molar-refractivity contribution in [3.8, 4) is 0 Å². The van der Waals surface area contributed by atoms with Crippen LogP contribution in [0, 0.1) is 0 Å². The molecule has 4 aliphatic rings. The lowest BCUT2D eigenvalue weighted by Crippen LogP contribution is -2.46. The van der Waals surface area contributed by atoms with Gasteiger partial charge in [0.15, 0.2) is 5.83 Å². The number of fused-ring (bicyclic) bond motifs is 2. The van der Waals surface area contributed by atoms with E-state index < -0.39 is 0 Å². The Bertz CT molecular complexity index is 1200. The smallest absolute Gasteiger partial charge is 0.165 e. The SMILES string of the molecule is CCN1CCN(c2ccc(N3C=C(F)C(c4ccc5c(c4)C4(CCCC4)C(C)=N5)=NC3)nc2)CC1. The zero-order valence-electron chi connectivity index (χ0n) is 20.7. The summed E-state index contributed by atoms with van der Waals surface area (Å²) in [6.07, 6.45) is 8.14. The normalized spacial score (nSPS) is 21.7. The maximum absolute atomic E-state index is 15.3. The van der Waals surface area contributed by atoms with Crippen molar-refractivity contribution >= 4 is 28.6 Å². The standard InChI is InChI=1S/C28H33FN6/c1-3-33-12-14-34(15-13-33)22-7-9-26(30-17-22)35-18-24(29)27(31-19-35)21-6-8-25-23(16-21)28(20(2)32-25)10-4-5-11-28/h6-9,16-18H,3-5,10-15,19H2,1-2H3. The Morgan fingerprint density at radius 2 is 1.83 bits per heavy atom. The lowest BCUT2D eigenvalue weighted by atomic mass is 9.76. The molecule has 0 N–H and O–H groups in total. The van der Waals surface area contributed by atoms with Crippen LogP contribution in [0.4, 0.5) is 21.6 Å². The van der Waals surface area contributed by atoms with Gasteiger partial charge in [0.1, 0.15) is 18.2 Å². The molecule has 0 radical (unpaired) electrons. The summed E-state index contributed by atoms with van der Waals surface area (Å²) in [5.74, 6) is 0.385. The monoisotopic (exact) mass is 472 g/mol. The minimum Gasteiger partial charge on any atom is -0.368 e. The van der Waals surface area contributed by atoms with Crippen molar-refractivity contribution in [2.75, 3.05) is 49.2 Å². The molecule has 6 rings (SSSR count). The van der Waals surface area contributed by atoms with E-state index in [0.29, 0.717) is 18.2 Å². The van der Waals surface area contributed by atoms with Gasteiger partial charge < -0.3 is 14.7 Å². The number of aliphatic imine (C=N–C) groups is 2. The van der Waals surface area contributed by atoms with Crippen LogP contribution in [0.15, 0.2) is 58.5 Å². The number of pyridine rings is 1. The summed E-state index contributed by atoms with van der Waals surface area (Å²) >= 11 is 0.